The number of amides is 3. The highest BCUT2D eigenvalue weighted by atomic mass is 16.6. The number of rotatable bonds is 8. The minimum atomic E-state index is -0.245. The Balaban J connectivity index is 1.07. The smallest absolute Gasteiger partial charge is 0.409 e. The number of carbonyl (C=O) groups excluding carboxylic acids is 2. The number of nitrogens with one attached hydrogen (secondary N) is 1. The molecule has 1 N–H and O–H groups in total. The lowest BCUT2D eigenvalue weighted by molar-refractivity contribution is 0.0944. The Bertz CT molecular complexity index is 1060. The van der Waals surface area contributed by atoms with Gasteiger partial charge in [-0.2, -0.15) is 0 Å². The highest BCUT2D eigenvalue weighted by Crippen LogP contribution is 2.31. The van der Waals surface area contributed by atoms with Crippen LogP contribution in [0.1, 0.15) is 51.0 Å². The van der Waals surface area contributed by atoms with Gasteiger partial charge in [-0.1, -0.05) is 36.4 Å². The van der Waals surface area contributed by atoms with Gasteiger partial charge in [0, 0.05) is 51.9 Å². The van der Waals surface area contributed by atoms with Crippen LogP contribution in [0.3, 0.4) is 0 Å². The third kappa shape index (κ3) is 7.16. The molecule has 3 amide bonds. The van der Waals surface area contributed by atoms with Gasteiger partial charge in [-0.3, -0.25) is 4.90 Å². The Hall–Kier alpha value is -2.80. The number of likely N-dealkylation sites (tertiary alicyclic amines) is 2. The van der Waals surface area contributed by atoms with E-state index in [9.17, 15) is 9.59 Å². The van der Waals surface area contributed by atoms with Gasteiger partial charge in [-0.25, -0.2) is 9.59 Å². The molecule has 3 fully saturated rings. The quantitative estimate of drug-likeness (QED) is 0.541. The third-order valence-corrected chi connectivity index (χ3v) is 8.20. The fraction of sp³-hybridized carbons (Fsp3) is 0.600. The molecule has 2 aromatic carbocycles. The van der Waals surface area contributed by atoms with Crippen LogP contribution in [0.2, 0.25) is 0 Å². The standard InChI is InChI=1S/C30H42N4O3/c1-2-37-30(36)34-17-13-28(14-18-34)31-29(35)33-15-11-24(12-16-33)21-32(20-23-7-8-23)22-25-9-10-26-5-3-4-6-27(26)19-25/h3-6,9-10,19,23-24,28H,2,7-8,11-18,20-22H2,1H3,(H,31,35). The zero-order valence-electron chi connectivity index (χ0n) is 22.2. The molecule has 0 spiro atoms. The summed E-state index contributed by atoms with van der Waals surface area (Å²) in [6, 6.07) is 15.7. The number of piperidine rings is 2. The summed E-state index contributed by atoms with van der Waals surface area (Å²) in [5.41, 5.74) is 1.39. The Kier molecular flexibility index (Phi) is 8.49. The number of hydrogen-bond donors (Lipinski definition) is 1. The monoisotopic (exact) mass is 506 g/mol. The molecule has 0 bridgehead atoms. The first-order valence-corrected chi connectivity index (χ1v) is 14.2. The van der Waals surface area contributed by atoms with Crippen LogP contribution in [0.5, 0.6) is 0 Å². The molecule has 0 unspecified atom stereocenters. The van der Waals surface area contributed by atoms with E-state index >= 15 is 0 Å². The lowest BCUT2D eigenvalue weighted by Gasteiger charge is -2.37. The van der Waals surface area contributed by atoms with Crippen molar-refractivity contribution in [3.8, 4) is 0 Å². The Morgan fingerprint density at radius 2 is 1.51 bits per heavy atom. The van der Waals surface area contributed by atoms with E-state index in [1.807, 2.05) is 11.8 Å². The largest absolute Gasteiger partial charge is 0.450 e. The van der Waals surface area contributed by atoms with E-state index in [-0.39, 0.29) is 18.2 Å². The summed E-state index contributed by atoms with van der Waals surface area (Å²) >= 11 is 0. The van der Waals surface area contributed by atoms with Gasteiger partial charge in [-0.05, 0) is 79.7 Å². The van der Waals surface area contributed by atoms with E-state index in [1.54, 1.807) is 4.90 Å². The third-order valence-electron chi connectivity index (χ3n) is 8.20. The van der Waals surface area contributed by atoms with Crippen LogP contribution in [0.4, 0.5) is 9.59 Å². The van der Waals surface area contributed by atoms with E-state index in [2.05, 4.69) is 52.7 Å². The number of hydrogen-bond acceptors (Lipinski definition) is 4. The number of urea groups is 1. The van der Waals surface area contributed by atoms with Gasteiger partial charge in [0.1, 0.15) is 0 Å². The van der Waals surface area contributed by atoms with Gasteiger partial charge in [0.15, 0.2) is 0 Å². The van der Waals surface area contributed by atoms with Gasteiger partial charge < -0.3 is 19.9 Å². The summed E-state index contributed by atoms with van der Waals surface area (Å²) in [5, 5.41) is 5.83. The van der Waals surface area contributed by atoms with E-state index in [4.69, 9.17) is 4.74 Å². The molecule has 1 saturated carbocycles. The van der Waals surface area contributed by atoms with Crippen LogP contribution in [0.25, 0.3) is 10.8 Å². The highest BCUT2D eigenvalue weighted by molar-refractivity contribution is 5.83. The maximum atomic E-state index is 12.9. The first-order valence-electron chi connectivity index (χ1n) is 14.2. The number of carbonyl (C=O) groups is 2. The molecule has 0 atom stereocenters. The number of fused-ring (bicyclic) bond motifs is 1. The van der Waals surface area contributed by atoms with Crippen molar-refractivity contribution in [2.24, 2.45) is 11.8 Å². The number of ether oxygens (including phenoxy) is 1. The van der Waals surface area contributed by atoms with E-state index in [1.165, 1.54) is 35.7 Å². The molecule has 5 rings (SSSR count). The summed E-state index contributed by atoms with van der Waals surface area (Å²) in [6.07, 6.45) is 6.18. The minimum Gasteiger partial charge on any atom is -0.450 e. The summed E-state index contributed by atoms with van der Waals surface area (Å²) < 4.78 is 5.09. The molecular formula is C30H42N4O3. The van der Waals surface area contributed by atoms with Gasteiger partial charge in [0.2, 0.25) is 0 Å². The van der Waals surface area contributed by atoms with Gasteiger partial charge in [0.25, 0.3) is 0 Å². The first-order chi connectivity index (χ1) is 18.1. The predicted molar refractivity (Wildman–Crippen MR) is 146 cm³/mol. The summed E-state index contributed by atoms with van der Waals surface area (Å²) in [4.78, 5) is 31.2. The fourth-order valence-electron chi connectivity index (χ4n) is 5.84. The normalized spacial score (nSPS) is 19.4. The summed E-state index contributed by atoms with van der Waals surface area (Å²) in [7, 11) is 0. The van der Waals surface area contributed by atoms with Crippen LogP contribution in [-0.4, -0.2) is 78.7 Å². The average Bonchev–Trinajstić information content (AvgIpc) is 3.73. The second kappa shape index (κ2) is 12.2. The second-order valence-electron chi connectivity index (χ2n) is 11.2. The molecule has 2 aromatic rings. The molecule has 7 heteroatoms. The Labute approximate surface area is 221 Å². The molecule has 1 aliphatic carbocycles. The molecule has 0 radical (unpaired) electrons. The van der Waals surface area contributed by atoms with Crippen molar-refractivity contribution >= 4 is 22.9 Å². The van der Waals surface area contributed by atoms with Crippen LogP contribution < -0.4 is 5.32 Å². The van der Waals surface area contributed by atoms with Gasteiger partial charge in [0.05, 0.1) is 6.61 Å². The van der Waals surface area contributed by atoms with Crippen LogP contribution in [-0.2, 0) is 11.3 Å². The predicted octanol–water partition coefficient (Wildman–Crippen LogP) is 5.09. The van der Waals surface area contributed by atoms with E-state index < -0.39 is 0 Å². The topological polar surface area (TPSA) is 65.1 Å². The zero-order chi connectivity index (χ0) is 25.6. The van der Waals surface area contributed by atoms with Crippen LogP contribution >= 0.6 is 0 Å². The fourth-order valence-corrected chi connectivity index (χ4v) is 5.84. The molecular weight excluding hydrogens is 464 g/mol. The van der Waals surface area contributed by atoms with Crippen molar-refractivity contribution in [1.82, 2.24) is 20.0 Å². The zero-order valence-corrected chi connectivity index (χ0v) is 22.2. The van der Waals surface area contributed by atoms with Crippen molar-refractivity contribution in [3.63, 3.8) is 0 Å². The summed E-state index contributed by atoms with van der Waals surface area (Å²) in [6.45, 7) is 8.46. The highest BCUT2D eigenvalue weighted by Gasteiger charge is 2.30. The molecule has 37 heavy (non-hydrogen) atoms. The average molecular weight is 507 g/mol. The number of nitrogens with zero attached hydrogens (tertiary/aromatic N) is 3. The second-order valence-corrected chi connectivity index (χ2v) is 11.2. The van der Waals surface area contributed by atoms with Crippen molar-refractivity contribution in [2.45, 2.75) is 58.0 Å². The van der Waals surface area contributed by atoms with Crippen molar-refractivity contribution in [3.05, 3.63) is 48.0 Å². The van der Waals surface area contributed by atoms with Gasteiger partial charge in [-0.15, -0.1) is 0 Å². The Morgan fingerprint density at radius 3 is 2.19 bits per heavy atom. The molecule has 2 heterocycles. The van der Waals surface area contributed by atoms with Gasteiger partial charge >= 0.3 is 12.1 Å². The van der Waals surface area contributed by atoms with Crippen LogP contribution in [0.15, 0.2) is 42.5 Å². The lowest BCUT2D eigenvalue weighted by Crippen LogP contribution is -2.52. The molecule has 200 valence electrons. The maximum absolute atomic E-state index is 12.9. The van der Waals surface area contributed by atoms with Crippen molar-refractivity contribution in [2.75, 3.05) is 45.9 Å². The molecule has 2 aliphatic heterocycles. The number of benzene rings is 2. The summed E-state index contributed by atoms with van der Waals surface area (Å²) in [5.74, 6) is 1.50. The van der Waals surface area contributed by atoms with E-state index in [0.29, 0.717) is 25.6 Å². The molecule has 0 aromatic heterocycles. The maximum Gasteiger partial charge on any atom is 0.409 e. The molecule has 7 nitrogen and oxygen atoms in total. The van der Waals surface area contributed by atoms with Crippen molar-refractivity contribution < 1.29 is 14.3 Å². The van der Waals surface area contributed by atoms with Crippen LogP contribution in [0, 0.1) is 11.8 Å². The minimum absolute atomic E-state index is 0.0547. The molecule has 3 aliphatic rings. The Morgan fingerprint density at radius 1 is 0.865 bits per heavy atom. The van der Waals surface area contributed by atoms with Crippen molar-refractivity contribution in [1.29, 1.82) is 0 Å². The first kappa shape index (κ1) is 25.8. The lowest BCUT2D eigenvalue weighted by atomic mass is 9.95. The molecule has 2 saturated heterocycles. The van der Waals surface area contributed by atoms with E-state index in [0.717, 1.165) is 57.8 Å². The SMILES string of the molecule is CCOC(=O)N1CCC(NC(=O)N2CCC(CN(Cc3ccc4ccccc4c3)CC3CC3)CC2)CC1.